The van der Waals surface area contributed by atoms with Crippen LogP contribution in [0.25, 0.3) is 0 Å². The summed E-state index contributed by atoms with van der Waals surface area (Å²) in [6.45, 7) is 6.28. The molecule has 1 N–H and O–H groups in total. The highest BCUT2D eigenvalue weighted by molar-refractivity contribution is 8.16. The molecule has 1 atom stereocenters. The van der Waals surface area contributed by atoms with Crippen LogP contribution in [0.4, 0.5) is 0 Å². The molecule has 110 valence electrons. The van der Waals surface area contributed by atoms with Gasteiger partial charge in [0.1, 0.15) is 0 Å². The van der Waals surface area contributed by atoms with Crippen molar-refractivity contribution in [3.8, 4) is 0 Å². The fourth-order valence-electron chi connectivity index (χ4n) is 1.93. The Hall–Kier alpha value is -0.610. The number of hydrogen-bond acceptors (Lipinski definition) is 3. The van der Waals surface area contributed by atoms with Gasteiger partial charge in [-0.05, 0) is 48.5 Å². The van der Waals surface area contributed by atoms with E-state index in [2.05, 4.69) is 31.3 Å². The molecule has 1 aliphatic rings. The van der Waals surface area contributed by atoms with Crippen molar-refractivity contribution < 1.29 is 4.79 Å². The molecule has 1 fully saturated rings. The van der Waals surface area contributed by atoms with Gasteiger partial charge in [-0.15, -0.1) is 23.5 Å². The normalized spacial score (nSPS) is 18.0. The van der Waals surface area contributed by atoms with E-state index in [-0.39, 0.29) is 11.9 Å². The van der Waals surface area contributed by atoms with Gasteiger partial charge in [0.15, 0.2) is 0 Å². The van der Waals surface area contributed by atoms with Crippen LogP contribution >= 0.6 is 23.5 Å². The molecule has 0 aliphatic carbocycles. The predicted molar refractivity (Wildman–Crippen MR) is 90.5 cm³/mol. The van der Waals surface area contributed by atoms with Crippen molar-refractivity contribution in [2.45, 2.75) is 37.8 Å². The molecule has 20 heavy (non-hydrogen) atoms. The third-order valence-electron chi connectivity index (χ3n) is 3.63. The summed E-state index contributed by atoms with van der Waals surface area (Å²) in [6.07, 6.45) is 1.30. The fraction of sp³-hybridized carbons (Fsp3) is 0.562. The van der Waals surface area contributed by atoms with Crippen LogP contribution in [-0.2, 0) is 0 Å². The number of amides is 1. The standard InChI is InChI=1S/C16H23NOS2/c1-11(2)12(3)17-15(18)13-5-7-14(8-6-13)16-19-9-4-10-20-16/h5-8,11-12,16H,4,9-10H2,1-3H3,(H,17,18). The maximum absolute atomic E-state index is 12.1. The summed E-state index contributed by atoms with van der Waals surface area (Å²) in [7, 11) is 0. The third kappa shape index (κ3) is 4.19. The van der Waals surface area contributed by atoms with Gasteiger partial charge in [-0.3, -0.25) is 4.79 Å². The Labute approximate surface area is 130 Å². The van der Waals surface area contributed by atoms with Crippen LogP contribution in [0.1, 0.15) is 47.7 Å². The molecular formula is C16H23NOS2. The first-order valence-electron chi connectivity index (χ1n) is 7.22. The van der Waals surface area contributed by atoms with Gasteiger partial charge in [-0.25, -0.2) is 0 Å². The molecule has 2 nitrogen and oxygen atoms in total. The van der Waals surface area contributed by atoms with Crippen molar-refractivity contribution in [3.63, 3.8) is 0 Å². The van der Waals surface area contributed by atoms with Crippen LogP contribution in [0, 0.1) is 5.92 Å². The lowest BCUT2D eigenvalue weighted by molar-refractivity contribution is 0.0930. The number of carbonyl (C=O) groups is 1. The lowest BCUT2D eigenvalue weighted by Gasteiger charge is -2.21. The SMILES string of the molecule is CC(C)C(C)NC(=O)c1ccc(C2SCCCS2)cc1. The molecule has 0 bridgehead atoms. The molecule has 1 heterocycles. The summed E-state index contributed by atoms with van der Waals surface area (Å²) in [6, 6.07) is 8.31. The van der Waals surface area contributed by atoms with Crippen molar-refractivity contribution in [2.75, 3.05) is 11.5 Å². The Bertz CT molecular complexity index is 438. The molecule has 0 aromatic heterocycles. The monoisotopic (exact) mass is 309 g/mol. The molecule has 0 spiro atoms. The number of nitrogens with one attached hydrogen (secondary N) is 1. The van der Waals surface area contributed by atoms with Crippen molar-refractivity contribution >= 4 is 29.4 Å². The third-order valence-corrected chi connectivity index (χ3v) is 6.65. The van der Waals surface area contributed by atoms with Gasteiger partial charge in [-0.1, -0.05) is 26.0 Å². The van der Waals surface area contributed by atoms with Gasteiger partial charge >= 0.3 is 0 Å². The van der Waals surface area contributed by atoms with E-state index >= 15 is 0 Å². The molecule has 4 heteroatoms. The summed E-state index contributed by atoms with van der Waals surface area (Å²) in [5.41, 5.74) is 2.08. The first kappa shape index (κ1) is 15.8. The average molecular weight is 310 g/mol. The van der Waals surface area contributed by atoms with E-state index in [0.29, 0.717) is 10.5 Å². The Morgan fingerprint density at radius 3 is 2.30 bits per heavy atom. The second-order valence-corrected chi connectivity index (χ2v) is 8.28. The van der Waals surface area contributed by atoms with E-state index in [1.807, 2.05) is 42.6 Å². The summed E-state index contributed by atoms with van der Waals surface area (Å²) in [5, 5.41) is 3.05. The van der Waals surface area contributed by atoms with E-state index in [0.717, 1.165) is 5.56 Å². The second-order valence-electron chi connectivity index (χ2n) is 5.56. The van der Waals surface area contributed by atoms with E-state index in [9.17, 15) is 4.79 Å². The van der Waals surface area contributed by atoms with Crippen LogP contribution in [0.3, 0.4) is 0 Å². The van der Waals surface area contributed by atoms with Gasteiger partial charge in [0.25, 0.3) is 5.91 Å². The lowest BCUT2D eigenvalue weighted by atomic mass is 10.1. The maximum atomic E-state index is 12.1. The van der Waals surface area contributed by atoms with Gasteiger partial charge < -0.3 is 5.32 Å². The second kappa shape index (κ2) is 7.41. The Morgan fingerprint density at radius 1 is 1.15 bits per heavy atom. The van der Waals surface area contributed by atoms with Crippen LogP contribution in [0.2, 0.25) is 0 Å². The summed E-state index contributed by atoms with van der Waals surface area (Å²) >= 11 is 4.02. The fourth-order valence-corrected chi connectivity index (χ4v) is 4.82. The molecule has 0 saturated carbocycles. The van der Waals surface area contributed by atoms with Crippen molar-refractivity contribution in [1.82, 2.24) is 5.32 Å². The number of benzene rings is 1. The minimum absolute atomic E-state index is 0.0294. The zero-order chi connectivity index (χ0) is 14.5. The Morgan fingerprint density at radius 2 is 1.75 bits per heavy atom. The van der Waals surface area contributed by atoms with Crippen LogP contribution in [0.15, 0.2) is 24.3 Å². The quantitative estimate of drug-likeness (QED) is 0.897. The zero-order valence-corrected chi connectivity index (χ0v) is 14.0. The molecule has 1 saturated heterocycles. The smallest absolute Gasteiger partial charge is 0.251 e. The lowest BCUT2D eigenvalue weighted by Crippen LogP contribution is -2.36. The molecule has 1 aliphatic heterocycles. The molecule has 1 aromatic rings. The van der Waals surface area contributed by atoms with Gasteiger partial charge in [0, 0.05) is 11.6 Å². The van der Waals surface area contributed by atoms with E-state index in [4.69, 9.17) is 0 Å². The molecule has 2 rings (SSSR count). The van der Waals surface area contributed by atoms with Crippen LogP contribution in [0.5, 0.6) is 0 Å². The van der Waals surface area contributed by atoms with E-state index in [1.165, 1.54) is 23.5 Å². The molecule has 1 unspecified atom stereocenters. The van der Waals surface area contributed by atoms with Crippen molar-refractivity contribution in [3.05, 3.63) is 35.4 Å². The topological polar surface area (TPSA) is 29.1 Å². The van der Waals surface area contributed by atoms with Gasteiger partial charge in [0.05, 0.1) is 4.58 Å². The minimum atomic E-state index is 0.0294. The Balaban J connectivity index is 1.98. The number of rotatable bonds is 4. The summed E-state index contributed by atoms with van der Waals surface area (Å²) < 4.78 is 0.537. The van der Waals surface area contributed by atoms with Gasteiger partial charge in [0.2, 0.25) is 0 Å². The Kier molecular flexibility index (Phi) is 5.85. The number of carbonyl (C=O) groups excluding carboxylic acids is 1. The highest BCUT2D eigenvalue weighted by Crippen LogP contribution is 2.43. The number of thioether (sulfide) groups is 2. The zero-order valence-electron chi connectivity index (χ0n) is 12.4. The molecule has 0 radical (unpaired) electrons. The van der Waals surface area contributed by atoms with E-state index in [1.54, 1.807) is 0 Å². The summed E-state index contributed by atoms with van der Waals surface area (Å²) in [4.78, 5) is 12.1. The first-order chi connectivity index (χ1) is 9.58. The minimum Gasteiger partial charge on any atom is -0.349 e. The predicted octanol–water partition coefficient (Wildman–Crippen LogP) is 4.33. The molecule has 1 amide bonds. The maximum Gasteiger partial charge on any atom is 0.251 e. The van der Waals surface area contributed by atoms with Crippen LogP contribution in [-0.4, -0.2) is 23.5 Å². The highest BCUT2D eigenvalue weighted by Gasteiger charge is 2.17. The molecule has 1 aromatic carbocycles. The average Bonchev–Trinajstić information content (AvgIpc) is 2.48. The largest absolute Gasteiger partial charge is 0.349 e. The first-order valence-corrected chi connectivity index (χ1v) is 9.31. The summed E-state index contributed by atoms with van der Waals surface area (Å²) in [5.74, 6) is 2.97. The van der Waals surface area contributed by atoms with Gasteiger partial charge in [-0.2, -0.15) is 0 Å². The van der Waals surface area contributed by atoms with Crippen molar-refractivity contribution in [2.24, 2.45) is 5.92 Å². The molecular weight excluding hydrogens is 286 g/mol. The van der Waals surface area contributed by atoms with E-state index < -0.39 is 0 Å². The van der Waals surface area contributed by atoms with Crippen molar-refractivity contribution in [1.29, 1.82) is 0 Å². The number of hydrogen-bond donors (Lipinski definition) is 1. The van der Waals surface area contributed by atoms with Crippen LogP contribution < -0.4 is 5.32 Å². The highest BCUT2D eigenvalue weighted by atomic mass is 32.2.